The van der Waals surface area contributed by atoms with Gasteiger partial charge in [0, 0.05) is 44.1 Å². The second-order valence-corrected chi connectivity index (χ2v) is 8.19. The van der Waals surface area contributed by atoms with Crippen LogP contribution in [0.4, 0.5) is 5.82 Å². The van der Waals surface area contributed by atoms with Crippen molar-refractivity contribution in [2.75, 3.05) is 18.5 Å². The third-order valence-electron chi connectivity index (χ3n) is 5.90. The number of hydrogen-bond acceptors (Lipinski definition) is 6. The molecule has 1 N–H and O–H groups in total. The van der Waals surface area contributed by atoms with Crippen molar-refractivity contribution >= 4 is 29.0 Å². The second kappa shape index (κ2) is 6.96. The Morgan fingerprint density at radius 1 is 1.31 bits per heavy atom. The molecule has 0 radical (unpaired) electrons. The molecule has 3 aromatic heterocycles. The molecule has 29 heavy (non-hydrogen) atoms. The monoisotopic (exact) mass is 411 g/mol. The summed E-state index contributed by atoms with van der Waals surface area (Å²) in [6.45, 7) is 2.96. The molecule has 1 fully saturated rings. The van der Waals surface area contributed by atoms with E-state index in [1.54, 1.807) is 16.9 Å². The van der Waals surface area contributed by atoms with Crippen LogP contribution in [-0.2, 0) is 6.42 Å². The lowest BCUT2D eigenvalue weighted by molar-refractivity contribution is 0.0773. The molecule has 2 atom stereocenters. The van der Waals surface area contributed by atoms with Gasteiger partial charge in [0.1, 0.15) is 11.4 Å². The maximum Gasteiger partial charge on any atom is 0.271 e. The quantitative estimate of drug-likeness (QED) is 0.612. The molecule has 0 saturated carbocycles. The van der Waals surface area contributed by atoms with Crippen molar-refractivity contribution in [2.24, 2.45) is 0 Å². The summed E-state index contributed by atoms with van der Waals surface area (Å²) >= 11 is 6.33. The standard InChI is InChI=1S/C20H22ClN7O/c1-12-8-16-14(9-13(21)10-22-16)17-4-3-6-27(17)18-5-7-28-19(24-18)15(11-23-28)20(29)25-26(12)2/h5,7,9-12,17H,3-4,6,8H2,1-2H3,(H,25,29)/t12-,17-/m1/s1. The fourth-order valence-corrected chi connectivity index (χ4v) is 4.40. The average molecular weight is 412 g/mol. The van der Waals surface area contributed by atoms with Gasteiger partial charge in [0.25, 0.3) is 5.91 Å². The molecule has 1 saturated heterocycles. The van der Waals surface area contributed by atoms with Crippen LogP contribution in [0.25, 0.3) is 5.65 Å². The first-order chi connectivity index (χ1) is 14.0. The van der Waals surface area contributed by atoms with Crippen LogP contribution in [0.1, 0.15) is 47.4 Å². The zero-order chi connectivity index (χ0) is 20.1. The zero-order valence-corrected chi connectivity index (χ0v) is 17.1. The third-order valence-corrected chi connectivity index (χ3v) is 6.11. The summed E-state index contributed by atoms with van der Waals surface area (Å²) < 4.78 is 1.64. The van der Waals surface area contributed by atoms with Gasteiger partial charge in [-0.3, -0.25) is 15.2 Å². The maximum atomic E-state index is 12.9. The van der Waals surface area contributed by atoms with E-state index < -0.39 is 0 Å². The van der Waals surface area contributed by atoms with Crippen LogP contribution in [0.15, 0.2) is 30.7 Å². The summed E-state index contributed by atoms with van der Waals surface area (Å²) in [7, 11) is 1.87. The summed E-state index contributed by atoms with van der Waals surface area (Å²) in [6, 6.07) is 4.18. The normalized spacial score (nSPS) is 22.6. The molecule has 0 aliphatic carbocycles. The average Bonchev–Trinajstić information content (AvgIpc) is 3.34. The van der Waals surface area contributed by atoms with Crippen LogP contribution in [0, 0.1) is 0 Å². The number of carbonyl (C=O) groups is 1. The smallest absolute Gasteiger partial charge is 0.271 e. The summed E-state index contributed by atoms with van der Waals surface area (Å²) in [5.74, 6) is 0.613. The number of carbonyl (C=O) groups excluding carboxylic acids is 1. The minimum Gasteiger partial charge on any atom is -0.349 e. The number of anilines is 1. The first-order valence-electron chi connectivity index (χ1n) is 9.80. The van der Waals surface area contributed by atoms with E-state index in [1.165, 1.54) is 0 Å². The van der Waals surface area contributed by atoms with Crippen LogP contribution in [0.2, 0.25) is 5.02 Å². The Bertz CT molecular complexity index is 1100. The predicted molar refractivity (Wildman–Crippen MR) is 110 cm³/mol. The second-order valence-electron chi connectivity index (χ2n) is 7.76. The number of rotatable bonds is 0. The Labute approximate surface area is 173 Å². The number of nitrogens with zero attached hydrogens (tertiary/aromatic N) is 6. The van der Waals surface area contributed by atoms with Gasteiger partial charge in [0.05, 0.1) is 17.3 Å². The molecule has 0 spiro atoms. The Morgan fingerprint density at radius 2 is 2.17 bits per heavy atom. The number of nitrogens with one attached hydrogen (secondary N) is 1. The number of amides is 1. The highest BCUT2D eigenvalue weighted by Gasteiger charge is 2.31. The first kappa shape index (κ1) is 18.3. The molecule has 8 nitrogen and oxygen atoms in total. The third kappa shape index (κ3) is 3.12. The highest BCUT2D eigenvalue weighted by molar-refractivity contribution is 6.30. The highest BCUT2D eigenvalue weighted by atomic mass is 35.5. The van der Waals surface area contributed by atoms with E-state index in [2.05, 4.69) is 27.3 Å². The molecule has 2 bridgehead atoms. The molecule has 0 aromatic carbocycles. The first-order valence-corrected chi connectivity index (χ1v) is 10.2. The Morgan fingerprint density at radius 3 is 3.03 bits per heavy atom. The summed E-state index contributed by atoms with van der Waals surface area (Å²) in [5, 5.41) is 6.74. The van der Waals surface area contributed by atoms with Gasteiger partial charge in [0.2, 0.25) is 0 Å². The predicted octanol–water partition coefficient (Wildman–Crippen LogP) is 2.64. The Balaban J connectivity index is 1.70. The van der Waals surface area contributed by atoms with Crippen LogP contribution >= 0.6 is 11.6 Å². The van der Waals surface area contributed by atoms with Gasteiger partial charge < -0.3 is 4.90 Å². The van der Waals surface area contributed by atoms with E-state index in [9.17, 15) is 4.79 Å². The molecule has 1 amide bonds. The van der Waals surface area contributed by atoms with Crippen molar-refractivity contribution in [3.05, 3.63) is 52.6 Å². The molecule has 5 rings (SSSR count). The summed E-state index contributed by atoms with van der Waals surface area (Å²) in [6.07, 6.45) is 7.89. The minimum atomic E-state index is -0.222. The van der Waals surface area contributed by atoms with Crippen molar-refractivity contribution in [1.82, 2.24) is 30.0 Å². The van der Waals surface area contributed by atoms with Crippen LogP contribution in [0.5, 0.6) is 0 Å². The van der Waals surface area contributed by atoms with E-state index in [4.69, 9.17) is 16.6 Å². The van der Waals surface area contributed by atoms with Gasteiger partial charge in [-0.25, -0.2) is 14.5 Å². The number of hydrogen-bond donors (Lipinski definition) is 1. The molecule has 9 heteroatoms. The fraction of sp³-hybridized carbons (Fsp3) is 0.400. The van der Waals surface area contributed by atoms with Crippen molar-refractivity contribution < 1.29 is 4.79 Å². The van der Waals surface area contributed by atoms with Gasteiger partial charge in [0.15, 0.2) is 5.65 Å². The Hall–Kier alpha value is -2.71. The highest BCUT2D eigenvalue weighted by Crippen LogP contribution is 2.38. The van der Waals surface area contributed by atoms with Crippen molar-refractivity contribution in [1.29, 1.82) is 0 Å². The summed E-state index contributed by atoms with van der Waals surface area (Å²) in [5.41, 5.74) is 6.10. The zero-order valence-electron chi connectivity index (χ0n) is 16.3. The largest absolute Gasteiger partial charge is 0.349 e. The number of aromatic nitrogens is 4. The number of fused-ring (bicyclic) bond motifs is 5. The van der Waals surface area contributed by atoms with Crippen molar-refractivity contribution in [3.8, 4) is 0 Å². The number of halogens is 1. The molecule has 3 aromatic rings. The molecule has 5 heterocycles. The maximum absolute atomic E-state index is 12.9. The van der Waals surface area contributed by atoms with Gasteiger partial charge in [-0.1, -0.05) is 11.6 Å². The van der Waals surface area contributed by atoms with E-state index >= 15 is 0 Å². The van der Waals surface area contributed by atoms with E-state index in [-0.39, 0.29) is 18.0 Å². The van der Waals surface area contributed by atoms with Crippen molar-refractivity contribution in [3.63, 3.8) is 0 Å². The van der Waals surface area contributed by atoms with Gasteiger partial charge in [-0.2, -0.15) is 5.10 Å². The lowest BCUT2D eigenvalue weighted by Crippen LogP contribution is -2.45. The molecule has 150 valence electrons. The topological polar surface area (TPSA) is 78.7 Å². The number of pyridine rings is 1. The molecular weight excluding hydrogens is 390 g/mol. The van der Waals surface area contributed by atoms with Crippen LogP contribution in [-0.4, -0.2) is 50.1 Å². The van der Waals surface area contributed by atoms with Crippen LogP contribution in [0.3, 0.4) is 0 Å². The molecule has 2 aliphatic rings. The molecule has 0 unspecified atom stereocenters. The molecular formula is C20H22ClN7O. The lowest BCUT2D eigenvalue weighted by Gasteiger charge is -2.29. The summed E-state index contributed by atoms with van der Waals surface area (Å²) in [4.78, 5) is 24.6. The van der Waals surface area contributed by atoms with E-state index in [1.807, 2.05) is 30.4 Å². The SMILES string of the molecule is C[C@@H]1Cc2ncc(Cl)cc2[C@H]2CCCN2c2ccn3ncc(c3n2)C(=O)NN1C. The van der Waals surface area contributed by atoms with Gasteiger partial charge >= 0.3 is 0 Å². The Kier molecular flexibility index (Phi) is 4.40. The van der Waals surface area contributed by atoms with Crippen molar-refractivity contribution in [2.45, 2.75) is 38.3 Å². The number of likely N-dealkylation sites (N-methyl/N-ethyl adjacent to an activating group) is 1. The van der Waals surface area contributed by atoms with E-state index in [0.29, 0.717) is 22.7 Å². The van der Waals surface area contributed by atoms with Crippen LogP contribution < -0.4 is 10.3 Å². The fourth-order valence-electron chi connectivity index (χ4n) is 4.23. The lowest BCUT2D eigenvalue weighted by atomic mass is 9.98. The minimum absolute atomic E-state index is 0.0455. The molecule has 2 aliphatic heterocycles. The van der Waals surface area contributed by atoms with Gasteiger partial charge in [-0.15, -0.1) is 0 Å². The van der Waals surface area contributed by atoms with E-state index in [0.717, 1.165) is 36.5 Å². The van der Waals surface area contributed by atoms with Gasteiger partial charge in [-0.05, 0) is 37.5 Å². The number of hydrazine groups is 1.